The van der Waals surface area contributed by atoms with Crippen LogP contribution in [0.25, 0.3) is 0 Å². The van der Waals surface area contributed by atoms with Gasteiger partial charge in [0.15, 0.2) is 0 Å². The van der Waals surface area contributed by atoms with Crippen molar-refractivity contribution in [1.29, 1.82) is 0 Å². The van der Waals surface area contributed by atoms with Crippen molar-refractivity contribution in [3.63, 3.8) is 0 Å². The predicted molar refractivity (Wildman–Crippen MR) is 109 cm³/mol. The summed E-state index contributed by atoms with van der Waals surface area (Å²) in [6.07, 6.45) is 19.0. The molecule has 0 bridgehead atoms. The molecular formula is C21H31IO. The lowest BCUT2D eigenvalue weighted by atomic mass is 10.1. The zero-order valence-electron chi connectivity index (χ0n) is 14.8. The minimum atomic E-state index is 0.768. The highest BCUT2D eigenvalue weighted by atomic mass is 127. The molecular weight excluding hydrogens is 395 g/mol. The van der Waals surface area contributed by atoms with E-state index in [1.165, 1.54) is 63.4 Å². The molecule has 23 heavy (non-hydrogen) atoms. The van der Waals surface area contributed by atoms with Crippen molar-refractivity contribution >= 4 is 22.6 Å². The molecule has 0 atom stereocenters. The summed E-state index contributed by atoms with van der Waals surface area (Å²) in [6, 6.07) is 4.14. The number of benzene rings is 1. The van der Waals surface area contributed by atoms with Gasteiger partial charge in [0.25, 0.3) is 0 Å². The second-order valence-corrected chi connectivity index (χ2v) is 7.46. The molecule has 0 aromatic heterocycles. The fourth-order valence-electron chi connectivity index (χ4n) is 2.75. The van der Waals surface area contributed by atoms with Gasteiger partial charge in [0.1, 0.15) is 5.75 Å². The first-order valence-electron chi connectivity index (χ1n) is 9.08. The molecule has 0 aliphatic rings. The first-order chi connectivity index (χ1) is 11.2. The molecule has 1 aromatic rings. The summed E-state index contributed by atoms with van der Waals surface area (Å²) >= 11 is 2.31. The van der Waals surface area contributed by atoms with Crippen LogP contribution in [-0.4, -0.2) is 6.61 Å². The van der Waals surface area contributed by atoms with E-state index < -0.39 is 0 Å². The van der Waals surface area contributed by atoms with E-state index in [1.807, 2.05) is 6.07 Å². The quantitative estimate of drug-likeness (QED) is 0.201. The van der Waals surface area contributed by atoms with Crippen molar-refractivity contribution in [2.45, 2.75) is 78.1 Å². The van der Waals surface area contributed by atoms with Gasteiger partial charge in [-0.15, -0.1) is 6.42 Å². The van der Waals surface area contributed by atoms with E-state index in [0.29, 0.717) is 0 Å². The Morgan fingerprint density at radius 1 is 0.957 bits per heavy atom. The Bertz CT molecular complexity index is 487. The molecule has 0 heterocycles. The highest BCUT2D eigenvalue weighted by Gasteiger charge is 2.07. The Hall–Kier alpha value is -0.690. The van der Waals surface area contributed by atoms with Gasteiger partial charge < -0.3 is 4.74 Å². The Morgan fingerprint density at radius 2 is 1.52 bits per heavy atom. The van der Waals surface area contributed by atoms with Crippen LogP contribution >= 0.6 is 22.6 Å². The number of rotatable bonds is 12. The molecule has 1 aromatic carbocycles. The van der Waals surface area contributed by atoms with E-state index >= 15 is 0 Å². The summed E-state index contributed by atoms with van der Waals surface area (Å²) in [7, 11) is 0. The van der Waals surface area contributed by atoms with Crippen LogP contribution in [0.2, 0.25) is 0 Å². The van der Waals surface area contributed by atoms with Crippen molar-refractivity contribution < 1.29 is 4.74 Å². The molecule has 0 aliphatic heterocycles. The molecule has 0 fully saturated rings. The average Bonchev–Trinajstić information content (AvgIpc) is 2.53. The lowest BCUT2D eigenvalue weighted by molar-refractivity contribution is 0.301. The van der Waals surface area contributed by atoms with Gasteiger partial charge in [-0.3, -0.25) is 0 Å². The molecule has 0 unspecified atom stereocenters. The number of terminal acetylenes is 1. The smallest absolute Gasteiger partial charge is 0.148 e. The number of hydrogen-bond acceptors (Lipinski definition) is 1. The van der Waals surface area contributed by atoms with Gasteiger partial charge >= 0.3 is 0 Å². The number of hydrogen-bond donors (Lipinski definition) is 0. The standard InChI is InChI=1S/C21H31IO/c1-4-6-7-8-9-10-11-12-13-14-15-23-21-19(5-2)16-18(3)17-20(21)22/h2,16-17H,4,6-15H2,1,3H3. The molecule has 0 saturated heterocycles. The average molecular weight is 426 g/mol. The van der Waals surface area contributed by atoms with Crippen LogP contribution in [0.1, 0.15) is 82.3 Å². The lowest BCUT2D eigenvalue weighted by Crippen LogP contribution is -2.01. The molecule has 0 amide bonds. The van der Waals surface area contributed by atoms with Crippen molar-refractivity contribution in [3.8, 4) is 18.1 Å². The second-order valence-electron chi connectivity index (χ2n) is 6.30. The van der Waals surface area contributed by atoms with Crippen LogP contribution in [0.4, 0.5) is 0 Å². The summed E-state index contributed by atoms with van der Waals surface area (Å²) in [4.78, 5) is 0. The Kier molecular flexibility index (Phi) is 11.2. The van der Waals surface area contributed by atoms with Crippen molar-refractivity contribution in [2.75, 3.05) is 6.61 Å². The van der Waals surface area contributed by atoms with E-state index in [1.54, 1.807) is 0 Å². The molecule has 0 radical (unpaired) electrons. The third kappa shape index (κ3) is 8.65. The van der Waals surface area contributed by atoms with Crippen LogP contribution in [-0.2, 0) is 0 Å². The van der Waals surface area contributed by atoms with Gasteiger partial charge in [-0.2, -0.15) is 0 Å². The monoisotopic (exact) mass is 426 g/mol. The van der Waals surface area contributed by atoms with E-state index in [2.05, 4.69) is 48.4 Å². The number of unbranched alkanes of at least 4 members (excludes halogenated alkanes) is 9. The van der Waals surface area contributed by atoms with E-state index in [9.17, 15) is 0 Å². The zero-order valence-corrected chi connectivity index (χ0v) is 17.0. The largest absolute Gasteiger partial charge is 0.491 e. The summed E-state index contributed by atoms with van der Waals surface area (Å²) in [6.45, 7) is 5.10. The van der Waals surface area contributed by atoms with Crippen molar-refractivity contribution in [2.24, 2.45) is 0 Å². The van der Waals surface area contributed by atoms with Crippen LogP contribution in [0.3, 0.4) is 0 Å². The first kappa shape index (κ1) is 20.4. The Labute approximate surface area is 156 Å². The van der Waals surface area contributed by atoms with Crippen LogP contribution < -0.4 is 4.74 Å². The lowest BCUT2D eigenvalue weighted by Gasteiger charge is -2.11. The third-order valence-corrected chi connectivity index (χ3v) is 4.89. The van der Waals surface area contributed by atoms with Crippen molar-refractivity contribution in [3.05, 3.63) is 26.8 Å². The predicted octanol–water partition coefficient (Wildman–Crippen LogP) is 6.88. The molecule has 0 aliphatic carbocycles. The van der Waals surface area contributed by atoms with Gasteiger partial charge in [-0.05, 0) is 53.6 Å². The van der Waals surface area contributed by atoms with Gasteiger partial charge in [0.2, 0.25) is 0 Å². The normalized spacial score (nSPS) is 10.5. The van der Waals surface area contributed by atoms with Crippen molar-refractivity contribution in [1.82, 2.24) is 0 Å². The molecule has 1 nitrogen and oxygen atoms in total. The van der Waals surface area contributed by atoms with Gasteiger partial charge in [-0.1, -0.05) is 70.6 Å². The number of halogens is 1. The van der Waals surface area contributed by atoms with E-state index in [4.69, 9.17) is 11.2 Å². The molecule has 0 N–H and O–H groups in total. The third-order valence-electron chi connectivity index (χ3n) is 4.09. The summed E-state index contributed by atoms with van der Waals surface area (Å²) in [5, 5.41) is 0. The molecule has 128 valence electrons. The maximum absolute atomic E-state index is 5.94. The summed E-state index contributed by atoms with van der Waals surface area (Å²) in [5.74, 6) is 3.62. The molecule has 2 heteroatoms. The zero-order chi connectivity index (χ0) is 16.9. The number of ether oxygens (including phenoxy) is 1. The first-order valence-corrected chi connectivity index (χ1v) is 10.2. The number of aryl methyl sites for hydroxylation is 1. The highest BCUT2D eigenvalue weighted by Crippen LogP contribution is 2.27. The van der Waals surface area contributed by atoms with Crippen LogP contribution in [0.15, 0.2) is 12.1 Å². The van der Waals surface area contributed by atoms with E-state index in [-0.39, 0.29) is 0 Å². The molecule has 1 rings (SSSR count). The molecule has 0 spiro atoms. The molecule has 0 saturated carbocycles. The van der Waals surface area contributed by atoms with Crippen LogP contribution in [0, 0.1) is 22.8 Å². The van der Waals surface area contributed by atoms with Gasteiger partial charge in [0.05, 0.1) is 15.7 Å². The minimum Gasteiger partial charge on any atom is -0.491 e. The fraction of sp³-hybridized carbons (Fsp3) is 0.619. The summed E-state index contributed by atoms with van der Waals surface area (Å²) in [5.41, 5.74) is 2.06. The highest BCUT2D eigenvalue weighted by molar-refractivity contribution is 14.1. The van der Waals surface area contributed by atoms with Crippen LogP contribution in [0.5, 0.6) is 5.75 Å². The maximum Gasteiger partial charge on any atom is 0.148 e. The Morgan fingerprint density at radius 3 is 2.09 bits per heavy atom. The summed E-state index contributed by atoms with van der Waals surface area (Å²) < 4.78 is 7.05. The van der Waals surface area contributed by atoms with Gasteiger partial charge in [-0.25, -0.2) is 0 Å². The SMILES string of the molecule is C#Cc1cc(C)cc(I)c1OCCCCCCCCCCCC. The fourth-order valence-corrected chi connectivity index (χ4v) is 3.68. The minimum absolute atomic E-state index is 0.768. The Balaban J connectivity index is 2.11. The van der Waals surface area contributed by atoms with E-state index in [0.717, 1.165) is 27.9 Å². The topological polar surface area (TPSA) is 9.23 Å². The maximum atomic E-state index is 5.94. The second kappa shape index (κ2) is 12.7. The van der Waals surface area contributed by atoms with Gasteiger partial charge in [0, 0.05) is 0 Å².